The number of aromatic nitrogens is 2. The van der Waals surface area contributed by atoms with E-state index in [1.54, 1.807) is 7.11 Å². The van der Waals surface area contributed by atoms with Gasteiger partial charge in [0.2, 0.25) is 5.88 Å². The van der Waals surface area contributed by atoms with E-state index in [1.807, 2.05) is 13.8 Å². The van der Waals surface area contributed by atoms with Crippen LogP contribution in [0.15, 0.2) is 0 Å². The molecule has 0 fully saturated rings. The summed E-state index contributed by atoms with van der Waals surface area (Å²) in [5.41, 5.74) is 1.85. The van der Waals surface area contributed by atoms with E-state index >= 15 is 0 Å². The van der Waals surface area contributed by atoms with Crippen molar-refractivity contribution in [3.8, 4) is 5.88 Å². The number of methoxy groups -OCH3 is 1. The molecule has 0 bridgehead atoms. The van der Waals surface area contributed by atoms with E-state index in [-0.39, 0.29) is 0 Å². The van der Waals surface area contributed by atoms with Crippen LogP contribution in [-0.4, -0.2) is 30.5 Å². The van der Waals surface area contributed by atoms with Crippen LogP contribution in [0.2, 0.25) is 5.15 Å². The normalized spacial score (nSPS) is 10.4. The Balaban J connectivity index is 2.58. The van der Waals surface area contributed by atoms with Crippen molar-refractivity contribution >= 4 is 11.6 Å². The Bertz CT molecular complexity index is 331. The quantitative estimate of drug-likeness (QED) is 0.728. The van der Waals surface area contributed by atoms with Gasteiger partial charge in [-0.2, -0.15) is 0 Å². The summed E-state index contributed by atoms with van der Waals surface area (Å²) < 4.78 is 10.4. The molecule has 0 N–H and O–H groups in total. The first-order valence-electron chi connectivity index (χ1n) is 4.78. The Labute approximate surface area is 94.6 Å². The first-order valence-corrected chi connectivity index (χ1v) is 5.15. The molecule has 5 heteroatoms. The van der Waals surface area contributed by atoms with Gasteiger partial charge in [-0.1, -0.05) is 11.6 Å². The second-order valence-corrected chi connectivity index (χ2v) is 3.60. The Kier molecular flexibility index (Phi) is 4.78. The van der Waals surface area contributed by atoms with E-state index < -0.39 is 0 Å². The third-order valence-electron chi connectivity index (χ3n) is 2.15. The first kappa shape index (κ1) is 12.2. The third-order valence-corrected chi connectivity index (χ3v) is 2.51. The highest BCUT2D eigenvalue weighted by molar-refractivity contribution is 6.30. The van der Waals surface area contributed by atoms with Gasteiger partial charge in [0.15, 0.2) is 5.15 Å². The zero-order chi connectivity index (χ0) is 11.3. The number of ether oxygens (including phenoxy) is 2. The zero-order valence-electron chi connectivity index (χ0n) is 9.21. The molecule has 1 rings (SSSR count). The van der Waals surface area contributed by atoms with Crippen LogP contribution >= 0.6 is 11.6 Å². The Morgan fingerprint density at radius 3 is 2.53 bits per heavy atom. The molecule has 0 aliphatic heterocycles. The van der Waals surface area contributed by atoms with E-state index in [4.69, 9.17) is 21.1 Å². The minimum atomic E-state index is 0.428. The molecule has 0 saturated heterocycles. The van der Waals surface area contributed by atoms with Crippen molar-refractivity contribution in [1.82, 2.24) is 10.2 Å². The molecule has 4 nitrogen and oxygen atoms in total. The van der Waals surface area contributed by atoms with Crippen molar-refractivity contribution in [2.75, 3.05) is 20.3 Å². The lowest BCUT2D eigenvalue weighted by Gasteiger charge is -2.09. The van der Waals surface area contributed by atoms with Gasteiger partial charge in [0.1, 0.15) is 0 Å². The monoisotopic (exact) mass is 230 g/mol. The second-order valence-electron chi connectivity index (χ2n) is 3.24. The summed E-state index contributed by atoms with van der Waals surface area (Å²) in [6.45, 7) is 5.07. The molecule has 0 atom stereocenters. The van der Waals surface area contributed by atoms with E-state index in [2.05, 4.69) is 10.2 Å². The summed E-state index contributed by atoms with van der Waals surface area (Å²) in [5.74, 6) is 0.549. The Morgan fingerprint density at radius 1 is 1.13 bits per heavy atom. The molecule has 0 aliphatic rings. The molecule has 15 heavy (non-hydrogen) atoms. The van der Waals surface area contributed by atoms with Crippen LogP contribution in [-0.2, 0) is 4.74 Å². The van der Waals surface area contributed by atoms with Crippen molar-refractivity contribution in [2.24, 2.45) is 0 Å². The highest BCUT2D eigenvalue weighted by Gasteiger charge is 2.08. The largest absolute Gasteiger partial charge is 0.476 e. The van der Waals surface area contributed by atoms with Crippen molar-refractivity contribution in [2.45, 2.75) is 20.3 Å². The molecular formula is C10H15ClN2O2. The van der Waals surface area contributed by atoms with Crippen LogP contribution in [0, 0.1) is 13.8 Å². The molecule has 0 unspecified atom stereocenters. The number of halogens is 1. The molecule has 1 aromatic rings. The fourth-order valence-electron chi connectivity index (χ4n) is 1.06. The maximum Gasteiger partial charge on any atom is 0.236 e. The molecule has 1 aromatic heterocycles. The summed E-state index contributed by atoms with van der Waals surface area (Å²) >= 11 is 5.82. The summed E-state index contributed by atoms with van der Waals surface area (Å²) in [6, 6.07) is 0. The SMILES string of the molecule is COCCCOc1nnc(Cl)c(C)c1C. The average molecular weight is 231 g/mol. The van der Waals surface area contributed by atoms with E-state index in [0.29, 0.717) is 24.2 Å². The first-order chi connectivity index (χ1) is 7.16. The minimum absolute atomic E-state index is 0.428. The van der Waals surface area contributed by atoms with Gasteiger partial charge in [0.05, 0.1) is 6.61 Å². The van der Waals surface area contributed by atoms with E-state index in [9.17, 15) is 0 Å². The highest BCUT2D eigenvalue weighted by atomic mass is 35.5. The van der Waals surface area contributed by atoms with Gasteiger partial charge in [0.25, 0.3) is 0 Å². The van der Waals surface area contributed by atoms with Crippen LogP contribution in [0.25, 0.3) is 0 Å². The van der Waals surface area contributed by atoms with Crippen molar-refractivity contribution in [3.63, 3.8) is 0 Å². The van der Waals surface area contributed by atoms with Gasteiger partial charge < -0.3 is 9.47 Å². The maximum atomic E-state index is 5.82. The maximum absolute atomic E-state index is 5.82. The van der Waals surface area contributed by atoms with Crippen LogP contribution in [0.1, 0.15) is 17.5 Å². The summed E-state index contributed by atoms with van der Waals surface area (Å²) in [4.78, 5) is 0. The predicted octanol–water partition coefficient (Wildman–Crippen LogP) is 2.16. The molecule has 0 spiro atoms. The Hall–Kier alpha value is -0.870. The molecular weight excluding hydrogens is 216 g/mol. The van der Waals surface area contributed by atoms with E-state index in [1.165, 1.54) is 0 Å². The third kappa shape index (κ3) is 3.32. The number of rotatable bonds is 5. The predicted molar refractivity (Wildman–Crippen MR) is 58.5 cm³/mol. The molecule has 0 aromatic carbocycles. The standard InChI is InChI=1S/C10H15ClN2O2/c1-7-8(2)10(13-12-9(7)11)15-6-4-5-14-3/h4-6H2,1-3H3. The van der Waals surface area contributed by atoms with Gasteiger partial charge in [-0.25, -0.2) is 0 Å². The lowest BCUT2D eigenvalue weighted by atomic mass is 10.2. The van der Waals surface area contributed by atoms with Gasteiger partial charge in [-0.3, -0.25) is 0 Å². The van der Waals surface area contributed by atoms with Gasteiger partial charge in [0, 0.05) is 25.7 Å². The summed E-state index contributed by atoms with van der Waals surface area (Å²) in [5, 5.41) is 8.12. The van der Waals surface area contributed by atoms with Crippen molar-refractivity contribution in [3.05, 3.63) is 16.3 Å². The smallest absolute Gasteiger partial charge is 0.236 e. The average Bonchev–Trinajstić information content (AvgIpc) is 2.24. The molecule has 0 amide bonds. The summed E-state index contributed by atoms with van der Waals surface area (Å²) in [6.07, 6.45) is 0.833. The fourth-order valence-corrected chi connectivity index (χ4v) is 1.24. The Morgan fingerprint density at radius 2 is 1.87 bits per heavy atom. The van der Waals surface area contributed by atoms with Crippen LogP contribution in [0.5, 0.6) is 5.88 Å². The molecule has 0 radical (unpaired) electrons. The summed E-state index contributed by atoms with van der Waals surface area (Å²) in [7, 11) is 1.66. The van der Waals surface area contributed by atoms with Gasteiger partial charge in [-0.05, 0) is 19.4 Å². The van der Waals surface area contributed by atoms with E-state index in [0.717, 1.165) is 17.5 Å². The zero-order valence-corrected chi connectivity index (χ0v) is 9.97. The topological polar surface area (TPSA) is 44.2 Å². The highest BCUT2D eigenvalue weighted by Crippen LogP contribution is 2.22. The number of nitrogens with zero attached hydrogens (tertiary/aromatic N) is 2. The lowest BCUT2D eigenvalue weighted by molar-refractivity contribution is 0.170. The van der Waals surface area contributed by atoms with Crippen LogP contribution in [0.4, 0.5) is 0 Å². The van der Waals surface area contributed by atoms with Gasteiger partial charge >= 0.3 is 0 Å². The fraction of sp³-hybridized carbons (Fsp3) is 0.600. The van der Waals surface area contributed by atoms with Crippen molar-refractivity contribution in [1.29, 1.82) is 0 Å². The molecule has 0 aliphatic carbocycles. The number of hydrogen-bond donors (Lipinski definition) is 0. The second kappa shape index (κ2) is 5.88. The molecule has 0 saturated carbocycles. The van der Waals surface area contributed by atoms with Gasteiger partial charge in [-0.15, -0.1) is 10.2 Å². The molecule has 1 heterocycles. The lowest BCUT2D eigenvalue weighted by Crippen LogP contribution is -2.05. The molecule has 84 valence electrons. The van der Waals surface area contributed by atoms with Crippen LogP contribution in [0.3, 0.4) is 0 Å². The number of hydrogen-bond acceptors (Lipinski definition) is 4. The minimum Gasteiger partial charge on any atom is -0.476 e. The van der Waals surface area contributed by atoms with Crippen LogP contribution < -0.4 is 4.74 Å². The van der Waals surface area contributed by atoms with Crippen molar-refractivity contribution < 1.29 is 9.47 Å².